The van der Waals surface area contributed by atoms with E-state index in [1.54, 1.807) is 0 Å². The van der Waals surface area contributed by atoms with E-state index in [2.05, 4.69) is 38.1 Å². The van der Waals surface area contributed by atoms with Crippen LogP contribution in [0.2, 0.25) is 0 Å². The van der Waals surface area contributed by atoms with Crippen molar-refractivity contribution in [2.45, 2.75) is 39.2 Å². The highest BCUT2D eigenvalue weighted by Gasteiger charge is 1.99. The Hall–Kier alpha value is -0.820. The van der Waals surface area contributed by atoms with Crippen molar-refractivity contribution in [1.29, 1.82) is 0 Å². The molecule has 0 spiro atoms. The molecule has 1 nitrogen and oxygen atoms in total. The minimum Gasteiger partial charge on any atom is -0.328 e. The molecule has 0 aliphatic heterocycles. The van der Waals surface area contributed by atoms with Crippen LogP contribution >= 0.6 is 0 Å². The molecule has 0 amide bonds. The maximum Gasteiger partial charge on any atom is 0.00393 e. The number of benzene rings is 1. The Balaban J connectivity index is 2.45. The van der Waals surface area contributed by atoms with E-state index in [-0.39, 0.29) is 0 Å². The molecular weight excluding hydrogens is 158 g/mol. The first-order valence-corrected chi connectivity index (χ1v) is 5.03. The molecule has 72 valence electrons. The summed E-state index contributed by atoms with van der Waals surface area (Å²) in [7, 11) is 0. The van der Waals surface area contributed by atoms with E-state index in [4.69, 9.17) is 5.73 Å². The van der Waals surface area contributed by atoms with E-state index >= 15 is 0 Å². The maximum atomic E-state index is 5.86. The lowest BCUT2D eigenvalue weighted by atomic mass is 10.0. The topological polar surface area (TPSA) is 26.0 Å². The zero-order valence-electron chi connectivity index (χ0n) is 8.59. The second-order valence-corrected chi connectivity index (χ2v) is 3.70. The predicted octanol–water partition coefficient (Wildman–Crippen LogP) is 2.66. The fourth-order valence-electron chi connectivity index (χ4n) is 1.42. The number of aryl methyl sites for hydroxylation is 2. The lowest BCUT2D eigenvalue weighted by Crippen LogP contribution is -2.19. The van der Waals surface area contributed by atoms with Gasteiger partial charge in [-0.05, 0) is 31.7 Å². The molecule has 0 radical (unpaired) electrons. The minimum atomic E-state index is 0.362. The van der Waals surface area contributed by atoms with Gasteiger partial charge in [-0.25, -0.2) is 0 Å². The average molecular weight is 177 g/mol. The predicted molar refractivity (Wildman–Crippen MR) is 57.8 cm³/mol. The highest BCUT2D eigenvalue weighted by molar-refractivity contribution is 5.22. The molecule has 1 atom stereocenters. The van der Waals surface area contributed by atoms with Crippen molar-refractivity contribution in [3.63, 3.8) is 0 Å². The molecular formula is C12H19N. The van der Waals surface area contributed by atoms with Gasteiger partial charge in [-0.15, -0.1) is 0 Å². The minimum absolute atomic E-state index is 0.362. The molecule has 0 saturated heterocycles. The van der Waals surface area contributed by atoms with Crippen LogP contribution < -0.4 is 5.73 Å². The van der Waals surface area contributed by atoms with Gasteiger partial charge in [-0.3, -0.25) is 0 Å². The Morgan fingerprint density at radius 1 is 1.38 bits per heavy atom. The molecule has 13 heavy (non-hydrogen) atoms. The first-order chi connectivity index (χ1) is 6.22. The van der Waals surface area contributed by atoms with Crippen LogP contribution in [0.15, 0.2) is 24.3 Å². The van der Waals surface area contributed by atoms with Gasteiger partial charge in [0.2, 0.25) is 0 Å². The molecule has 0 aliphatic carbocycles. The van der Waals surface area contributed by atoms with Gasteiger partial charge in [-0.2, -0.15) is 0 Å². The third-order valence-corrected chi connectivity index (χ3v) is 2.41. The maximum absolute atomic E-state index is 5.86. The third kappa shape index (κ3) is 3.60. The Morgan fingerprint density at radius 3 is 2.77 bits per heavy atom. The van der Waals surface area contributed by atoms with Crippen LogP contribution in [-0.4, -0.2) is 6.04 Å². The highest BCUT2D eigenvalue weighted by Crippen LogP contribution is 2.08. The molecule has 0 fully saturated rings. The number of hydrogen-bond donors (Lipinski definition) is 1. The molecule has 1 rings (SSSR count). The van der Waals surface area contributed by atoms with Crippen molar-refractivity contribution >= 4 is 0 Å². The van der Waals surface area contributed by atoms with Crippen LogP contribution in [0.1, 0.15) is 30.9 Å². The largest absolute Gasteiger partial charge is 0.328 e. The summed E-state index contributed by atoms with van der Waals surface area (Å²) in [6, 6.07) is 9.02. The smallest absolute Gasteiger partial charge is 0.00393 e. The number of rotatable bonds is 4. The van der Waals surface area contributed by atoms with E-state index in [1.165, 1.54) is 11.1 Å². The van der Waals surface area contributed by atoms with Crippen molar-refractivity contribution in [2.24, 2.45) is 5.73 Å². The van der Waals surface area contributed by atoms with Crippen molar-refractivity contribution < 1.29 is 0 Å². The molecule has 0 bridgehead atoms. The molecule has 0 aromatic heterocycles. The summed E-state index contributed by atoms with van der Waals surface area (Å²) in [5.74, 6) is 0. The lowest BCUT2D eigenvalue weighted by molar-refractivity contribution is 0.596. The van der Waals surface area contributed by atoms with Gasteiger partial charge in [0.05, 0.1) is 0 Å². The van der Waals surface area contributed by atoms with E-state index in [0.29, 0.717) is 6.04 Å². The summed E-state index contributed by atoms with van der Waals surface area (Å²) in [6.07, 6.45) is 3.28. The lowest BCUT2D eigenvalue weighted by Gasteiger charge is -2.08. The van der Waals surface area contributed by atoms with Gasteiger partial charge in [0.1, 0.15) is 0 Å². The van der Waals surface area contributed by atoms with Crippen LogP contribution in [0.5, 0.6) is 0 Å². The zero-order chi connectivity index (χ0) is 9.68. The van der Waals surface area contributed by atoms with Crippen molar-refractivity contribution in [3.05, 3.63) is 35.4 Å². The Labute approximate surface area is 81.0 Å². The average Bonchev–Trinajstić information content (AvgIpc) is 2.14. The second-order valence-electron chi connectivity index (χ2n) is 3.70. The van der Waals surface area contributed by atoms with Gasteiger partial charge < -0.3 is 5.73 Å². The van der Waals surface area contributed by atoms with Gasteiger partial charge >= 0.3 is 0 Å². The van der Waals surface area contributed by atoms with Crippen LogP contribution in [0.4, 0.5) is 0 Å². The summed E-state index contributed by atoms with van der Waals surface area (Å²) < 4.78 is 0. The van der Waals surface area contributed by atoms with Crippen molar-refractivity contribution in [3.8, 4) is 0 Å². The van der Waals surface area contributed by atoms with Gasteiger partial charge in [0, 0.05) is 6.04 Å². The number of hydrogen-bond acceptors (Lipinski definition) is 1. The molecule has 0 aliphatic rings. The summed E-state index contributed by atoms with van der Waals surface area (Å²) in [4.78, 5) is 0. The number of nitrogens with two attached hydrogens (primary N) is 1. The second kappa shape index (κ2) is 5.03. The van der Waals surface area contributed by atoms with Crippen LogP contribution in [-0.2, 0) is 6.42 Å². The molecule has 1 heteroatoms. The Kier molecular flexibility index (Phi) is 3.97. The van der Waals surface area contributed by atoms with Crippen molar-refractivity contribution in [1.82, 2.24) is 0 Å². The van der Waals surface area contributed by atoms with E-state index in [9.17, 15) is 0 Å². The zero-order valence-corrected chi connectivity index (χ0v) is 8.59. The molecule has 1 unspecified atom stereocenters. The van der Waals surface area contributed by atoms with Crippen LogP contribution in [0, 0.1) is 6.92 Å². The standard InChI is InChI=1S/C12H19N/c1-3-12(13)8-7-11-6-4-5-10(2)9-11/h4-6,9,12H,3,7-8,13H2,1-2H3. The molecule has 1 aromatic carbocycles. The van der Waals surface area contributed by atoms with Crippen LogP contribution in [0.25, 0.3) is 0 Å². The summed E-state index contributed by atoms with van der Waals surface area (Å²) in [5.41, 5.74) is 8.60. The molecule has 0 saturated carbocycles. The van der Waals surface area contributed by atoms with E-state index in [1.807, 2.05) is 0 Å². The molecule has 0 heterocycles. The van der Waals surface area contributed by atoms with Gasteiger partial charge in [0.25, 0.3) is 0 Å². The van der Waals surface area contributed by atoms with Gasteiger partial charge in [0.15, 0.2) is 0 Å². The normalized spacial score (nSPS) is 12.8. The summed E-state index contributed by atoms with van der Waals surface area (Å²) in [6.45, 7) is 4.27. The third-order valence-electron chi connectivity index (χ3n) is 2.41. The monoisotopic (exact) mass is 177 g/mol. The quantitative estimate of drug-likeness (QED) is 0.751. The highest BCUT2D eigenvalue weighted by atomic mass is 14.6. The first kappa shape index (κ1) is 10.3. The van der Waals surface area contributed by atoms with E-state index in [0.717, 1.165) is 19.3 Å². The molecule has 1 aromatic rings. The Bertz CT molecular complexity index is 255. The fraction of sp³-hybridized carbons (Fsp3) is 0.500. The van der Waals surface area contributed by atoms with E-state index < -0.39 is 0 Å². The van der Waals surface area contributed by atoms with Gasteiger partial charge in [-0.1, -0.05) is 36.8 Å². The summed E-state index contributed by atoms with van der Waals surface area (Å²) >= 11 is 0. The summed E-state index contributed by atoms with van der Waals surface area (Å²) in [5, 5.41) is 0. The fourth-order valence-corrected chi connectivity index (χ4v) is 1.42. The Morgan fingerprint density at radius 2 is 2.15 bits per heavy atom. The SMILES string of the molecule is CCC(N)CCc1cccc(C)c1. The van der Waals surface area contributed by atoms with Crippen LogP contribution in [0.3, 0.4) is 0 Å². The molecule has 2 N–H and O–H groups in total. The van der Waals surface area contributed by atoms with Crippen molar-refractivity contribution in [2.75, 3.05) is 0 Å². The first-order valence-electron chi connectivity index (χ1n) is 5.03.